The summed E-state index contributed by atoms with van der Waals surface area (Å²) in [6, 6.07) is 20.6. The Morgan fingerprint density at radius 2 is 1.75 bits per heavy atom. The number of halogens is 1. The smallest absolute Gasteiger partial charge is 0.261 e. The number of hydrogen-bond acceptors (Lipinski definition) is 3. The first-order chi connectivity index (χ1) is 13.5. The molecule has 140 valence electrons. The summed E-state index contributed by atoms with van der Waals surface area (Å²) < 4.78 is 15.3. The first-order valence-corrected chi connectivity index (χ1v) is 9.08. The van der Waals surface area contributed by atoms with Gasteiger partial charge in [0, 0.05) is 6.54 Å². The van der Waals surface area contributed by atoms with E-state index < -0.39 is 5.82 Å². The molecule has 1 aromatic heterocycles. The number of hydrogen-bond donors (Lipinski definition) is 1. The molecule has 0 fully saturated rings. The molecule has 0 saturated heterocycles. The molecular formula is C23H19FN2O2. The van der Waals surface area contributed by atoms with Crippen LogP contribution in [-0.4, -0.2) is 14.7 Å². The summed E-state index contributed by atoms with van der Waals surface area (Å²) in [5, 5.41) is 10.6. The van der Waals surface area contributed by atoms with Gasteiger partial charge >= 0.3 is 0 Å². The standard InChI is InChI=1S/C23H19FN2O2/c1-15(16-7-3-2-4-8-16)14-26-22(18-9-5-6-10-21(18)27)25-20-12-11-17(24)13-19(20)23(26)28/h2-13,15,27H,14H2,1H3/t15-/m0/s1. The van der Waals surface area contributed by atoms with E-state index in [0.29, 0.717) is 23.4 Å². The van der Waals surface area contributed by atoms with Crippen molar-refractivity contribution < 1.29 is 9.50 Å². The molecule has 4 nitrogen and oxygen atoms in total. The molecule has 1 atom stereocenters. The van der Waals surface area contributed by atoms with Crippen molar-refractivity contribution >= 4 is 10.9 Å². The van der Waals surface area contributed by atoms with Crippen LogP contribution in [0.5, 0.6) is 5.75 Å². The van der Waals surface area contributed by atoms with Gasteiger partial charge in [-0.2, -0.15) is 0 Å². The molecule has 4 rings (SSSR count). The molecule has 0 radical (unpaired) electrons. The molecule has 5 heteroatoms. The summed E-state index contributed by atoms with van der Waals surface area (Å²) in [5.41, 5.74) is 1.61. The Bertz CT molecular complexity index is 1200. The number of aromatic hydroxyl groups is 1. The van der Waals surface area contributed by atoms with Crippen molar-refractivity contribution in [1.82, 2.24) is 9.55 Å². The lowest BCUT2D eigenvalue weighted by Gasteiger charge is -2.18. The predicted molar refractivity (Wildman–Crippen MR) is 108 cm³/mol. The van der Waals surface area contributed by atoms with E-state index in [1.54, 1.807) is 24.3 Å². The average Bonchev–Trinajstić information content (AvgIpc) is 2.71. The Labute approximate surface area is 161 Å². The maximum absolute atomic E-state index is 13.7. The van der Waals surface area contributed by atoms with Crippen molar-refractivity contribution in [2.24, 2.45) is 0 Å². The third-order valence-electron chi connectivity index (χ3n) is 4.89. The molecule has 0 bridgehead atoms. The fraction of sp³-hybridized carbons (Fsp3) is 0.130. The quantitative estimate of drug-likeness (QED) is 0.563. The molecule has 28 heavy (non-hydrogen) atoms. The van der Waals surface area contributed by atoms with Gasteiger partial charge in [0.05, 0.1) is 16.5 Å². The van der Waals surface area contributed by atoms with Crippen LogP contribution in [0, 0.1) is 5.82 Å². The number of nitrogens with zero attached hydrogens (tertiary/aromatic N) is 2. The maximum Gasteiger partial charge on any atom is 0.261 e. The maximum atomic E-state index is 13.7. The minimum atomic E-state index is -0.482. The second-order valence-corrected chi connectivity index (χ2v) is 6.84. The minimum absolute atomic E-state index is 0.0244. The van der Waals surface area contributed by atoms with Crippen molar-refractivity contribution in [3.8, 4) is 17.1 Å². The number of phenols is 1. The van der Waals surface area contributed by atoms with E-state index in [9.17, 15) is 14.3 Å². The largest absolute Gasteiger partial charge is 0.507 e. The molecule has 0 spiro atoms. The van der Waals surface area contributed by atoms with Gasteiger partial charge < -0.3 is 5.11 Å². The number of aromatic nitrogens is 2. The summed E-state index contributed by atoms with van der Waals surface area (Å²) in [6.07, 6.45) is 0. The molecular weight excluding hydrogens is 355 g/mol. The van der Waals surface area contributed by atoms with Crippen molar-refractivity contribution in [2.45, 2.75) is 19.4 Å². The highest BCUT2D eigenvalue weighted by molar-refractivity contribution is 5.80. The second-order valence-electron chi connectivity index (χ2n) is 6.84. The molecule has 0 aliphatic rings. The van der Waals surface area contributed by atoms with Gasteiger partial charge in [0.25, 0.3) is 5.56 Å². The molecule has 0 aliphatic carbocycles. The number of rotatable bonds is 4. The normalized spacial score (nSPS) is 12.2. The molecule has 0 amide bonds. The summed E-state index contributed by atoms with van der Waals surface area (Å²) in [5.74, 6) is -0.0531. The lowest BCUT2D eigenvalue weighted by atomic mass is 10.0. The number of benzene rings is 3. The van der Waals surface area contributed by atoms with Crippen LogP contribution in [0.4, 0.5) is 4.39 Å². The van der Waals surface area contributed by atoms with Gasteiger partial charge in [-0.25, -0.2) is 9.37 Å². The third kappa shape index (κ3) is 3.27. The number of para-hydroxylation sites is 1. The summed E-state index contributed by atoms with van der Waals surface area (Å²) in [6.45, 7) is 2.37. The van der Waals surface area contributed by atoms with Crippen LogP contribution < -0.4 is 5.56 Å². The van der Waals surface area contributed by atoms with E-state index in [4.69, 9.17) is 0 Å². The lowest BCUT2D eigenvalue weighted by molar-refractivity contribution is 0.475. The number of phenolic OH excluding ortho intramolecular Hbond substituents is 1. The van der Waals surface area contributed by atoms with Gasteiger partial charge in [0.1, 0.15) is 17.4 Å². The zero-order valence-corrected chi connectivity index (χ0v) is 15.3. The Hall–Kier alpha value is -3.47. The topological polar surface area (TPSA) is 55.1 Å². The van der Waals surface area contributed by atoms with Gasteiger partial charge in [0.15, 0.2) is 0 Å². The second kappa shape index (κ2) is 7.27. The molecule has 0 aliphatic heterocycles. The first kappa shape index (κ1) is 17.9. The molecule has 1 N–H and O–H groups in total. The SMILES string of the molecule is C[C@@H](Cn1c(-c2ccccc2O)nc2ccc(F)cc2c1=O)c1ccccc1. The monoisotopic (exact) mass is 374 g/mol. The average molecular weight is 374 g/mol. The van der Waals surface area contributed by atoms with Crippen molar-refractivity contribution in [1.29, 1.82) is 0 Å². The van der Waals surface area contributed by atoms with Gasteiger partial charge in [-0.3, -0.25) is 9.36 Å². The highest BCUT2D eigenvalue weighted by Gasteiger charge is 2.18. The van der Waals surface area contributed by atoms with Crippen LogP contribution in [0.25, 0.3) is 22.3 Å². The molecule has 4 aromatic rings. The Morgan fingerprint density at radius 3 is 2.50 bits per heavy atom. The minimum Gasteiger partial charge on any atom is -0.507 e. The zero-order chi connectivity index (χ0) is 19.7. The van der Waals surface area contributed by atoms with Crippen molar-refractivity contribution in [2.75, 3.05) is 0 Å². The first-order valence-electron chi connectivity index (χ1n) is 9.08. The summed E-state index contributed by atoms with van der Waals surface area (Å²) in [7, 11) is 0. The van der Waals surface area contributed by atoms with Gasteiger partial charge in [0.2, 0.25) is 0 Å². The zero-order valence-electron chi connectivity index (χ0n) is 15.3. The van der Waals surface area contributed by atoms with Crippen LogP contribution in [0.2, 0.25) is 0 Å². The highest BCUT2D eigenvalue weighted by atomic mass is 19.1. The number of fused-ring (bicyclic) bond motifs is 1. The van der Waals surface area contributed by atoms with Crippen LogP contribution in [0.15, 0.2) is 77.6 Å². The van der Waals surface area contributed by atoms with Crippen LogP contribution in [-0.2, 0) is 6.54 Å². The van der Waals surface area contributed by atoms with Crippen LogP contribution in [0.1, 0.15) is 18.4 Å². The van der Waals surface area contributed by atoms with Gasteiger partial charge in [-0.1, -0.05) is 49.4 Å². The van der Waals surface area contributed by atoms with E-state index in [1.165, 1.54) is 22.8 Å². The molecule has 0 unspecified atom stereocenters. The highest BCUT2D eigenvalue weighted by Crippen LogP contribution is 2.29. The molecule has 0 saturated carbocycles. The van der Waals surface area contributed by atoms with Gasteiger partial charge in [-0.05, 0) is 41.8 Å². The van der Waals surface area contributed by atoms with Crippen LogP contribution >= 0.6 is 0 Å². The van der Waals surface area contributed by atoms with Crippen molar-refractivity contribution in [3.63, 3.8) is 0 Å². The predicted octanol–water partition coefficient (Wildman–Crippen LogP) is 4.71. The van der Waals surface area contributed by atoms with E-state index in [-0.39, 0.29) is 22.6 Å². The Kier molecular flexibility index (Phi) is 4.65. The summed E-state index contributed by atoms with van der Waals surface area (Å²) >= 11 is 0. The fourth-order valence-corrected chi connectivity index (χ4v) is 3.39. The lowest BCUT2D eigenvalue weighted by Crippen LogP contribution is -2.26. The van der Waals surface area contributed by atoms with E-state index in [1.807, 2.05) is 37.3 Å². The Morgan fingerprint density at radius 1 is 1.04 bits per heavy atom. The summed E-state index contributed by atoms with van der Waals surface area (Å²) in [4.78, 5) is 17.8. The van der Waals surface area contributed by atoms with Crippen LogP contribution in [0.3, 0.4) is 0 Å². The Balaban J connectivity index is 1.94. The fourth-order valence-electron chi connectivity index (χ4n) is 3.39. The molecule has 1 heterocycles. The van der Waals surface area contributed by atoms with E-state index >= 15 is 0 Å². The van der Waals surface area contributed by atoms with E-state index in [0.717, 1.165) is 5.56 Å². The van der Waals surface area contributed by atoms with Crippen molar-refractivity contribution in [3.05, 3.63) is 94.5 Å². The van der Waals surface area contributed by atoms with Gasteiger partial charge in [-0.15, -0.1) is 0 Å². The van der Waals surface area contributed by atoms with E-state index in [2.05, 4.69) is 4.98 Å². The third-order valence-corrected chi connectivity index (χ3v) is 4.89. The molecule has 3 aromatic carbocycles.